The van der Waals surface area contributed by atoms with Crippen molar-refractivity contribution in [1.82, 2.24) is 20.1 Å². The minimum atomic E-state index is 0.0299. The molecule has 1 fully saturated rings. The average Bonchev–Trinajstić information content (AvgIpc) is 3.41. The Balaban J connectivity index is 1.50. The topological polar surface area (TPSA) is 59.8 Å². The second kappa shape index (κ2) is 7.83. The van der Waals surface area contributed by atoms with Crippen LogP contribution in [-0.4, -0.2) is 20.7 Å². The number of rotatable bonds is 6. The summed E-state index contributed by atoms with van der Waals surface area (Å²) in [6, 6.07) is 12.4. The van der Waals surface area contributed by atoms with Gasteiger partial charge in [0.05, 0.1) is 36.1 Å². The van der Waals surface area contributed by atoms with Gasteiger partial charge in [-0.2, -0.15) is 5.10 Å². The highest BCUT2D eigenvalue weighted by Gasteiger charge is 2.22. The van der Waals surface area contributed by atoms with E-state index in [0.717, 1.165) is 34.8 Å². The van der Waals surface area contributed by atoms with Gasteiger partial charge >= 0.3 is 0 Å². The number of aromatic nitrogens is 3. The molecular weight excluding hydrogens is 344 g/mol. The molecule has 4 rings (SSSR count). The Bertz CT molecular complexity index is 851. The van der Waals surface area contributed by atoms with E-state index in [-0.39, 0.29) is 5.91 Å². The molecule has 0 aromatic carbocycles. The van der Waals surface area contributed by atoms with Gasteiger partial charge in [0, 0.05) is 11.1 Å². The Hall–Kier alpha value is -2.47. The van der Waals surface area contributed by atoms with Crippen molar-refractivity contribution in [1.29, 1.82) is 0 Å². The van der Waals surface area contributed by atoms with Crippen molar-refractivity contribution in [3.05, 3.63) is 58.5 Å². The van der Waals surface area contributed by atoms with Crippen LogP contribution in [0.2, 0.25) is 0 Å². The Labute approximate surface area is 157 Å². The van der Waals surface area contributed by atoms with E-state index in [2.05, 4.69) is 21.0 Å². The van der Waals surface area contributed by atoms with Gasteiger partial charge in [-0.1, -0.05) is 25.0 Å². The zero-order chi connectivity index (χ0) is 17.8. The molecule has 1 amide bonds. The van der Waals surface area contributed by atoms with Crippen molar-refractivity contribution in [2.24, 2.45) is 0 Å². The Kier molecular flexibility index (Phi) is 5.11. The number of hydrogen-bond donors (Lipinski definition) is 1. The molecule has 0 atom stereocenters. The second-order valence-electron chi connectivity index (χ2n) is 6.65. The first-order chi connectivity index (χ1) is 12.8. The Morgan fingerprint density at radius 3 is 2.85 bits per heavy atom. The third-order valence-corrected chi connectivity index (χ3v) is 5.64. The molecule has 0 bridgehead atoms. The summed E-state index contributed by atoms with van der Waals surface area (Å²) >= 11 is 1.60. The number of pyridine rings is 1. The van der Waals surface area contributed by atoms with E-state index in [9.17, 15) is 4.79 Å². The molecule has 0 spiro atoms. The fourth-order valence-electron chi connectivity index (χ4n) is 3.49. The smallest absolute Gasteiger partial charge is 0.225 e. The van der Waals surface area contributed by atoms with E-state index in [1.165, 1.54) is 12.8 Å². The maximum absolute atomic E-state index is 12.2. The minimum Gasteiger partial charge on any atom is -0.350 e. The van der Waals surface area contributed by atoms with Crippen molar-refractivity contribution in [3.8, 4) is 11.4 Å². The molecule has 0 radical (unpaired) electrons. The van der Waals surface area contributed by atoms with Crippen molar-refractivity contribution >= 4 is 17.2 Å². The fourth-order valence-corrected chi connectivity index (χ4v) is 4.19. The molecule has 3 aromatic heterocycles. The van der Waals surface area contributed by atoms with E-state index >= 15 is 0 Å². The highest BCUT2D eigenvalue weighted by Crippen LogP contribution is 2.33. The number of carbonyl (C=O) groups excluding carboxylic acids is 1. The zero-order valence-corrected chi connectivity index (χ0v) is 15.4. The SMILES string of the molecule is O=C(Cc1cccs1)NCc1cc(-c2ccccn2)n(C2CCCC2)n1. The van der Waals surface area contributed by atoms with Gasteiger partial charge in [-0.05, 0) is 42.5 Å². The first-order valence-corrected chi connectivity index (χ1v) is 9.96. The van der Waals surface area contributed by atoms with Crippen LogP contribution in [0.3, 0.4) is 0 Å². The summed E-state index contributed by atoms with van der Waals surface area (Å²) in [4.78, 5) is 17.7. The number of carbonyl (C=O) groups is 1. The molecule has 1 N–H and O–H groups in total. The van der Waals surface area contributed by atoms with Crippen molar-refractivity contribution in [3.63, 3.8) is 0 Å². The van der Waals surface area contributed by atoms with Crippen LogP contribution in [-0.2, 0) is 17.8 Å². The quantitative estimate of drug-likeness (QED) is 0.718. The van der Waals surface area contributed by atoms with E-state index in [0.29, 0.717) is 19.0 Å². The van der Waals surface area contributed by atoms with Crippen LogP contribution in [0.5, 0.6) is 0 Å². The van der Waals surface area contributed by atoms with Crippen LogP contribution in [0.15, 0.2) is 48.0 Å². The lowest BCUT2D eigenvalue weighted by Crippen LogP contribution is -2.24. The summed E-state index contributed by atoms with van der Waals surface area (Å²) in [7, 11) is 0. The normalized spacial score (nSPS) is 14.6. The fraction of sp³-hybridized carbons (Fsp3) is 0.350. The van der Waals surface area contributed by atoms with Crippen LogP contribution in [0.25, 0.3) is 11.4 Å². The van der Waals surface area contributed by atoms with Gasteiger partial charge in [0.1, 0.15) is 0 Å². The third-order valence-electron chi connectivity index (χ3n) is 4.77. The predicted octanol–water partition coefficient (Wildman–Crippen LogP) is 3.98. The molecule has 3 heterocycles. The molecule has 6 heteroatoms. The summed E-state index contributed by atoms with van der Waals surface area (Å²) in [6.45, 7) is 0.448. The summed E-state index contributed by atoms with van der Waals surface area (Å²) in [6.07, 6.45) is 7.05. The number of nitrogens with zero attached hydrogens (tertiary/aromatic N) is 3. The minimum absolute atomic E-state index is 0.0299. The Morgan fingerprint density at radius 1 is 1.23 bits per heavy atom. The number of nitrogens with one attached hydrogen (secondary N) is 1. The lowest BCUT2D eigenvalue weighted by molar-refractivity contribution is -0.120. The van der Waals surface area contributed by atoms with Crippen molar-refractivity contribution in [2.45, 2.75) is 44.7 Å². The zero-order valence-electron chi connectivity index (χ0n) is 14.6. The monoisotopic (exact) mass is 366 g/mol. The molecule has 3 aromatic rings. The van der Waals surface area contributed by atoms with E-state index in [1.54, 1.807) is 11.3 Å². The predicted molar refractivity (Wildman–Crippen MR) is 103 cm³/mol. The van der Waals surface area contributed by atoms with E-state index in [4.69, 9.17) is 5.10 Å². The van der Waals surface area contributed by atoms with Gasteiger partial charge in [0.15, 0.2) is 0 Å². The van der Waals surface area contributed by atoms with E-state index < -0.39 is 0 Å². The molecule has 1 aliphatic rings. The van der Waals surface area contributed by atoms with Gasteiger partial charge in [-0.25, -0.2) is 0 Å². The standard InChI is InChI=1S/C20H22N4OS/c25-20(13-17-8-5-11-26-17)22-14-15-12-19(18-9-3-4-10-21-18)24(23-15)16-6-1-2-7-16/h3-5,8-12,16H,1-2,6-7,13-14H2,(H,22,25). The first-order valence-electron chi connectivity index (χ1n) is 9.08. The lowest BCUT2D eigenvalue weighted by atomic mass is 10.2. The number of hydrogen-bond acceptors (Lipinski definition) is 4. The largest absolute Gasteiger partial charge is 0.350 e. The maximum atomic E-state index is 12.2. The van der Waals surface area contributed by atoms with Crippen LogP contribution in [0.1, 0.15) is 42.3 Å². The molecule has 26 heavy (non-hydrogen) atoms. The third kappa shape index (κ3) is 3.85. The van der Waals surface area contributed by atoms with Crippen molar-refractivity contribution in [2.75, 3.05) is 0 Å². The highest BCUT2D eigenvalue weighted by atomic mass is 32.1. The summed E-state index contributed by atoms with van der Waals surface area (Å²) in [5.74, 6) is 0.0299. The highest BCUT2D eigenvalue weighted by molar-refractivity contribution is 7.10. The van der Waals surface area contributed by atoms with Crippen LogP contribution >= 0.6 is 11.3 Å². The molecular formula is C20H22N4OS. The van der Waals surface area contributed by atoms with Gasteiger partial charge in [-0.3, -0.25) is 14.5 Å². The molecule has 0 saturated heterocycles. The van der Waals surface area contributed by atoms with Crippen molar-refractivity contribution < 1.29 is 4.79 Å². The molecule has 1 saturated carbocycles. The molecule has 134 valence electrons. The molecule has 1 aliphatic carbocycles. The van der Waals surface area contributed by atoms with Crippen LogP contribution in [0, 0.1) is 0 Å². The number of thiophene rings is 1. The maximum Gasteiger partial charge on any atom is 0.225 e. The molecule has 0 unspecified atom stereocenters. The lowest BCUT2D eigenvalue weighted by Gasteiger charge is -2.13. The molecule has 0 aliphatic heterocycles. The second-order valence-corrected chi connectivity index (χ2v) is 7.68. The summed E-state index contributed by atoms with van der Waals surface area (Å²) in [5, 5.41) is 9.78. The van der Waals surface area contributed by atoms with Gasteiger partial charge in [0.2, 0.25) is 5.91 Å². The summed E-state index contributed by atoms with van der Waals surface area (Å²) in [5.41, 5.74) is 2.86. The first kappa shape index (κ1) is 17.0. The number of amides is 1. The van der Waals surface area contributed by atoms with E-state index in [1.807, 2.05) is 41.9 Å². The summed E-state index contributed by atoms with van der Waals surface area (Å²) < 4.78 is 2.12. The molecule has 5 nitrogen and oxygen atoms in total. The van der Waals surface area contributed by atoms with Gasteiger partial charge in [-0.15, -0.1) is 11.3 Å². The van der Waals surface area contributed by atoms with Crippen LogP contribution in [0.4, 0.5) is 0 Å². The van der Waals surface area contributed by atoms with Crippen LogP contribution < -0.4 is 5.32 Å². The Morgan fingerprint density at radius 2 is 2.12 bits per heavy atom. The average molecular weight is 366 g/mol. The van der Waals surface area contributed by atoms with Gasteiger partial charge < -0.3 is 5.32 Å². The van der Waals surface area contributed by atoms with Gasteiger partial charge in [0.25, 0.3) is 0 Å².